The van der Waals surface area contributed by atoms with Crippen LogP contribution in [0.2, 0.25) is 0 Å². The van der Waals surface area contributed by atoms with Crippen LogP contribution in [0.5, 0.6) is 5.75 Å². The largest absolute Gasteiger partial charge is 0.492 e. The quantitative estimate of drug-likeness (QED) is 0.657. The molecule has 1 heterocycles. The van der Waals surface area contributed by atoms with Crippen LogP contribution in [0.3, 0.4) is 0 Å². The molecule has 0 bridgehead atoms. The number of rotatable bonds is 9. The standard InChI is InChI=1S/C21H35N3O4S/c1-4-24(5-2)29(26,27)20-16-18(12-13-19(20)28-6-3)22-21(25)17-23-14-10-8-7-9-11-15-23/h12-13,16H,4-11,14-15,17H2,1-3H3,(H,22,25). The third-order valence-electron chi connectivity index (χ3n) is 5.17. The van der Waals surface area contributed by atoms with Gasteiger partial charge in [-0.15, -0.1) is 0 Å². The van der Waals surface area contributed by atoms with Crippen molar-refractivity contribution in [2.24, 2.45) is 0 Å². The highest BCUT2D eigenvalue weighted by Gasteiger charge is 2.26. The lowest BCUT2D eigenvalue weighted by molar-refractivity contribution is -0.117. The van der Waals surface area contributed by atoms with E-state index in [9.17, 15) is 13.2 Å². The summed E-state index contributed by atoms with van der Waals surface area (Å²) < 4.78 is 33.0. The van der Waals surface area contributed by atoms with Gasteiger partial charge in [0.1, 0.15) is 10.6 Å². The minimum Gasteiger partial charge on any atom is -0.492 e. The molecule has 0 unspecified atom stereocenters. The van der Waals surface area contributed by atoms with E-state index in [0.29, 0.717) is 37.7 Å². The smallest absolute Gasteiger partial charge is 0.246 e. The molecule has 1 N–H and O–H groups in total. The number of nitrogens with zero attached hydrogens (tertiary/aromatic N) is 2. The van der Waals surface area contributed by atoms with Crippen LogP contribution in [-0.2, 0) is 14.8 Å². The lowest BCUT2D eigenvalue weighted by Gasteiger charge is -2.24. The molecule has 0 aromatic heterocycles. The summed E-state index contributed by atoms with van der Waals surface area (Å²) in [5.74, 6) is 0.182. The number of benzene rings is 1. The summed E-state index contributed by atoms with van der Waals surface area (Å²) >= 11 is 0. The average Bonchev–Trinajstić information content (AvgIpc) is 2.66. The number of hydrogen-bond donors (Lipinski definition) is 1. The van der Waals surface area contributed by atoms with E-state index in [1.54, 1.807) is 26.0 Å². The number of likely N-dealkylation sites (tertiary alicyclic amines) is 1. The van der Waals surface area contributed by atoms with Crippen LogP contribution < -0.4 is 10.1 Å². The number of ether oxygens (including phenoxy) is 1. The molecule has 2 rings (SSSR count). The van der Waals surface area contributed by atoms with Gasteiger partial charge in [0.05, 0.1) is 13.2 Å². The topological polar surface area (TPSA) is 79.0 Å². The lowest BCUT2D eigenvalue weighted by Crippen LogP contribution is -2.35. The van der Waals surface area contributed by atoms with E-state index in [0.717, 1.165) is 25.9 Å². The average molecular weight is 426 g/mol. The molecule has 1 saturated heterocycles. The first-order valence-electron chi connectivity index (χ1n) is 10.7. The van der Waals surface area contributed by atoms with E-state index < -0.39 is 10.0 Å². The van der Waals surface area contributed by atoms with Crippen molar-refractivity contribution in [3.8, 4) is 5.75 Å². The molecule has 1 amide bonds. The molecule has 164 valence electrons. The van der Waals surface area contributed by atoms with Crippen molar-refractivity contribution in [2.45, 2.75) is 57.8 Å². The van der Waals surface area contributed by atoms with E-state index in [1.807, 2.05) is 6.92 Å². The maximum absolute atomic E-state index is 13.0. The van der Waals surface area contributed by atoms with Gasteiger partial charge >= 0.3 is 0 Å². The molecular weight excluding hydrogens is 390 g/mol. The maximum atomic E-state index is 13.0. The molecule has 0 saturated carbocycles. The maximum Gasteiger partial charge on any atom is 0.246 e. The molecule has 1 aromatic carbocycles. The second-order valence-corrected chi connectivity index (χ2v) is 9.18. The molecule has 1 aliphatic rings. The van der Waals surface area contributed by atoms with Crippen LogP contribution in [0.15, 0.2) is 23.1 Å². The zero-order valence-corrected chi connectivity index (χ0v) is 18.8. The fourth-order valence-corrected chi connectivity index (χ4v) is 5.25. The Morgan fingerprint density at radius 3 is 2.28 bits per heavy atom. The van der Waals surface area contributed by atoms with Crippen LogP contribution in [0.25, 0.3) is 0 Å². The second kappa shape index (κ2) is 11.5. The fraction of sp³-hybridized carbons (Fsp3) is 0.667. The van der Waals surface area contributed by atoms with E-state index in [4.69, 9.17) is 4.74 Å². The Hall–Kier alpha value is -1.64. The molecule has 1 aromatic rings. The first-order valence-corrected chi connectivity index (χ1v) is 12.2. The van der Waals surface area contributed by atoms with Gasteiger partial charge in [0.25, 0.3) is 0 Å². The molecule has 0 atom stereocenters. The third kappa shape index (κ3) is 6.69. The van der Waals surface area contributed by atoms with Crippen molar-refractivity contribution in [3.63, 3.8) is 0 Å². The van der Waals surface area contributed by atoms with Gasteiger partial charge in [-0.2, -0.15) is 4.31 Å². The van der Waals surface area contributed by atoms with E-state index in [1.165, 1.54) is 29.6 Å². The summed E-state index contributed by atoms with van der Waals surface area (Å²) in [5.41, 5.74) is 0.469. The minimum atomic E-state index is -3.70. The van der Waals surface area contributed by atoms with Crippen molar-refractivity contribution in [3.05, 3.63) is 18.2 Å². The first kappa shape index (κ1) is 23.6. The lowest BCUT2D eigenvalue weighted by atomic mass is 10.1. The Balaban J connectivity index is 2.17. The highest BCUT2D eigenvalue weighted by molar-refractivity contribution is 7.89. The summed E-state index contributed by atoms with van der Waals surface area (Å²) in [6.07, 6.45) is 5.92. The van der Waals surface area contributed by atoms with Crippen molar-refractivity contribution in [1.82, 2.24) is 9.21 Å². The van der Waals surface area contributed by atoms with Gasteiger partial charge in [-0.1, -0.05) is 33.1 Å². The van der Waals surface area contributed by atoms with Crippen molar-refractivity contribution in [1.29, 1.82) is 0 Å². The molecular formula is C21H35N3O4S. The Labute approximate surface area is 175 Å². The molecule has 1 fully saturated rings. The van der Waals surface area contributed by atoms with Crippen molar-refractivity contribution in [2.75, 3.05) is 44.6 Å². The Bertz CT molecular complexity index is 755. The van der Waals surface area contributed by atoms with Gasteiger partial charge in [0.15, 0.2) is 0 Å². The normalized spacial score (nSPS) is 16.3. The number of carbonyl (C=O) groups is 1. The van der Waals surface area contributed by atoms with Crippen LogP contribution in [-0.4, -0.2) is 62.9 Å². The monoisotopic (exact) mass is 425 g/mol. The molecule has 0 aliphatic carbocycles. The summed E-state index contributed by atoms with van der Waals surface area (Å²) in [7, 11) is -3.70. The predicted octanol–water partition coefficient (Wildman–Crippen LogP) is 3.32. The zero-order chi connectivity index (χ0) is 21.3. The van der Waals surface area contributed by atoms with Crippen LogP contribution >= 0.6 is 0 Å². The van der Waals surface area contributed by atoms with Crippen LogP contribution in [0.4, 0.5) is 5.69 Å². The van der Waals surface area contributed by atoms with Crippen molar-refractivity contribution >= 4 is 21.6 Å². The highest BCUT2D eigenvalue weighted by atomic mass is 32.2. The summed E-state index contributed by atoms with van der Waals surface area (Å²) in [6.45, 7) is 8.70. The molecule has 7 nitrogen and oxygen atoms in total. The molecule has 29 heavy (non-hydrogen) atoms. The van der Waals surface area contributed by atoms with Gasteiger partial charge < -0.3 is 10.1 Å². The molecule has 0 radical (unpaired) electrons. The van der Waals surface area contributed by atoms with Gasteiger partial charge in [0, 0.05) is 18.8 Å². The summed E-state index contributed by atoms with van der Waals surface area (Å²) in [5, 5.41) is 2.86. The van der Waals surface area contributed by atoms with Gasteiger partial charge in [-0.25, -0.2) is 8.42 Å². The SMILES string of the molecule is CCOc1ccc(NC(=O)CN2CCCCCCC2)cc1S(=O)(=O)N(CC)CC. The molecule has 8 heteroatoms. The Morgan fingerprint density at radius 2 is 1.69 bits per heavy atom. The van der Waals surface area contributed by atoms with Gasteiger partial charge in [-0.05, 0) is 51.1 Å². The number of amides is 1. The third-order valence-corrected chi connectivity index (χ3v) is 7.24. The number of carbonyl (C=O) groups excluding carboxylic acids is 1. The highest BCUT2D eigenvalue weighted by Crippen LogP contribution is 2.30. The molecule has 1 aliphatic heterocycles. The van der Waals surface area contributed by atoms with Crippen LogP contribution in [0, 0.1) is 0 Å². The van der Waals surface area contributed by atoms with Crippen molar-refractivity contribution < 1.29 is 17.9 Å². The Kier molecular flexibility index (Phi) is 9.39. The minimum absolute atomic E-state index is 0.0899. The fourth-order valence-electron chi connectivity index (χ4n) is 3.64. The van der Waals surface area contributed by atoms with E-state index in [2.05, 4.69) is 10.2 Å². The zero-order valence-electron chi connectivity index (χ0n) is 17.9. The molecule has 0 spiro atoms. The predicted molar refractivity (Wildman–Crippen MR) is 116 cm³/mol. The number of hydrogen-bond acceptors (Lipinski definition) is 5. The van der Waals surface area contributed by atoms with E-state index in [-0.39, 0.29) is 10.8 Å². The number of sulfonamides is 1. The summed E-state index contributed by atoms with van der Waals surface area (Å²) in [6, 6.07) is 4.81. The van der Waals surface area contributed by atoms with Crippen LogP contribution in [0.1, 0.15) is 52.9 Å². The second-order valence-electron chi connectivity index (χ2n) is 7.28. The van der Waals surface area contributed by atoms with Gasteiger partial charge in [-0.3, -0.25) is 9.69 Å². The number of anilines is 1. The van der Waals surface area contributed by atoms with Gasteiger partial charge in [0.2, 0.25) is 15.9 Å². The van der Waals surface area contributed by atoms with E-state index >= 15 is 0 Å². The summed E-state index contributed by atoms with van der Waals surface area (Å²) in [4.78, 5) is 14.8. The number of nitrogens with one attached hydrogen (secondary N) is 1. The Morgan fingerprint density at radius 1 is 1.07 bits per heavy atom. The first-order chi connectivity index (χ1) is 13.9.